The SMILES string of the molecule is CC(C)[C@H](NC(=O)N[C@H](C(=O)N1C[C@H]2[C@@H]([C@H]1C(=O)NC(CC1CC1)C(=O)C(N)=O)C2(C)C)C(C)(C)C)C(=O)N(C)CC1CC1.CC(C)[C@H](NC(=O)N[C@H](C(=O)N1C[C@H]2[C@@H]([C@H]1C(=O)NC(CC1CCC1)C(=O)C(N)=O)C2(C)C)C(C)(C)C)C(=O)N(C)C(C)C.CN(C)C(=O)[C@@H](NC(=O)N[C@H](C(=O)N1C[C@H]2[C@@H]([C@H]1C(=O)NC(CCC(F)(F)F)C(=O)C(N)=O)C2(C)C)C(C)(C)C)C(C)(C)C. The van der Waals surface area contributed by atoms with Gasteiger partial charge in [-0.3, -0.25) is 71.9 Å². The first-order valence-corrected chi connectivity index (χ1v) is 46.6. The summed E-state index contributed by atoms with van der Waals surface area (Å²) in [5.74, 6) is -10.8. The quantitative estimate of drug-likeness (QED) is 0.0380. The number of carbonyl (C=O) groups excluding carboxylic acids is 18. The van der Waals surface area contributed by atoms with Gasteiger partial charge >= 0.3 is 24.3 Å². The standard InChI is InChI=1S/C32H52N6O6.C32H54N6O6.C29H47F3N6O6/c1-16(2)22(28(42)37(8)14-18-11-12-18)35-30(44)36-25(31(3,4)5)29(43)38-15-19-21(32(19,6)7)23(38)27(41)34-20(13-17-9-10-17)24(39)26(33)40;1-16(2)22(28(42)37(10)17(3)4)35-30(44)36-25(31(5,6)7)29(43)38-15-19-21(32(19,8)9)23(38)27(41)34-20(24(39)26(33)40)14-18-12-11-13-18;1-26(2,3)19(23(42)37(9)10)35-25(44)36-20(27(4,5)6)24(43)38-13-14-16(28(14,7)8)17(38)22(41)34-15(18(39)21(33)40)11-12-29(30,31)32/h16-23,25H,9-15H2,1-8H3,(H2,33,40)(H,34,41)(H2,35,36,44);16-23,25H,11-15H2,1-10H3,(H2,33,40)(H,34,41)(H2,35,36,44);14-17,19-20H,11-13H2,1-10H3,(H2,33,40)(H,34,41)(H2,35,36,44)/t2*19-,20?,21-,22-,23-,25+;14-,15?,16-,17-,19+,20+/m000/s1. The summed E-state index contributed by atoms with van der Waals surface area (Å²) in [5, 5.41) is 24.3. The average molecular weight is 1870 g/mol. The van der Waals surface area contributed by atoms with Crippen molar-refractivity contribution in [2.24, 2.45) is 120 Å². The van der Waals surface area contributed by atoms with E-state index in [0.29, 0.717) is 38.4 Å². The smallest absolute Gasteiger partial charge is 0.363 e. The number of halogens is 3. The molecule has 0 aromatic heterocycles. The lowest BCUT2D eigenvalue weighted by Gasteiger charge is -2.38. The van der Waals surface area contributed by atoms with Crippen molar-refractivity contribution in [2.75, 3.05) is 54.4 Å². The number of Topliss-reactive ketones (excluding diaryl/α,β-unsaturated/α-hetero) is 3. The zero-order valence-corrected chi connectivity index (χ0v) is 82.9. The van der Waals surface area contributed by atoms with Gasteiger partial charge in [0.1, 0.15) is 54.4 Å². The van der Waals surface area contributed by atoms with Crippen molar-refractivity contribution in [1.29, 1.82) is 0 Å². The van der Waals surface area contributed by atoms with E-state index in [4.69, 9.17) is 17.2 Å². The minimum Gasteiger partial charge on any atom is -0.363 e. The van der Waals surface area contributed by atoms with Gasteiger partial charge in [0.25, 0.3) is 17.7 Å². The van der Waals surface area contributed by atoms with E-state index in [0.717, 1.165) is 44.9 Å². The number of piperidine rings is 3. The van der Waals surface area contributed by atoms with Crippen LogP contribution < -0.4 is 65.1 Å². The van der Waals surface area contributed by atoms with Crippen LogP contribution >= 0.6 is 0 Å². The summed E-state index contributed by atoms with van der Waals surface area (Å²) in [7, 11) is 6.54. The Morgan fingerprint density at radius 3 is 0.939 bits per heavy atom. The fraction of sp³-hybridized carbons (Fsp3) is 0.806. The molecule has 9 rings (SSSR count). The van der Waals surface area contributed by atoms with E-state index < -0.39 is 202 Å². The maximum absolute atomic E-state index is 14.2. The number of ketones is 3. The molecule has 0 aromatic carbocycles. The fourth-order valence-corrected chi connectivity index (χ4v) is 19.3. The topological polar surface area (TPSA) is 513 Å². The van der Waals surface area contributed by atoms with Gasteiger partial charge in [-0.2, -0.15) is 13.2 Å². The molecule has 744 valence electrons. The van der Waals surface area contributed by atoms with Gasteiger partial charge in [0.2, 0.25) is 70.5 Å². The number of amides is 18. The van der Waals surface area contributed by atoms with Crippen LogP contribution in [0.4, 0.5) is 27.6 Å². The summed E-state index contributed by atoms with van der Waals surface area (Å²) in [6.45, 7) is 46.0. The number of alkyl halides is 3. The van der Waals surface area contributed by atoms with Gasteiger partial charge in [-0.15, -0.1) is 0 Å². The van der Waals surface area contributed by atoms with Crippen molar-refractivity contribution in [3.8, 4) is 0 Å². The van der Waals surface area contributed by atoms with E-state index in [2.05, 4.69) is 75.5 Å². The number of urea groups is 3. The minimum absolute atomic E-state index is 0.0574. The number of likely N-dealkylation sites (tertiary alicyclic amines) is 3. The highest BCUT2D eigenvalue weighted by Crippen LogP contribution is 2.67. The number of nitrogens with zero attached hydrogens (tertiary/aromatic N) is 6. The molecule has 3 aliphatic heterocycles. The van der Waals surface area contributed by atoms with Crippen LogP contribution in [-0.2, 0) is 71.9 Å². The Morgan fingerprint density at radius 1 is 0.386 bits per heavy atom. The number of fused-ring (bicyclic) bond motifs is 3. The third-order valence-corrected chi connectivity index (χ3v) is 28.8. The predicted octanol–water partition coefficient (Wildman–Crippen LogP) is 4.79. The van der Waals surface area contributed by atoms with Crippen molar-refractivity contribution in [2.45, 2.75) is 322 Å². The minimum atomic E-state index is -4.66. The number of hydrogen-bond donors (Lipinski definition) is 12. The van der Waals surface area contributed by atoms with Gasteiger partial charge < -0.3 is 94.5 Å². The monoisotopic (exact) mass is 1870 g/mol. The van der Waals surface area contributed by atoms with E-state index in [-0.39, 0.29) is 106 Å². The Hall–Kier alpha value is -9.75. The fourth-order valence-electron chi connectivity index (χ4n) is 19.3. The molecule has 18 atom stereocenters. The lowest BCUT2D eigenvalue weighted by molar-refractivity contribution is -0.147. The first-order valence-electron chi connectivity index (χ1n) is 46.6. The second-order valence-corrected chi connectivity index (χ2v) is 45.8. The Kier molecular flexibility index (Phi) is 34.1. The van der Waals surface area contributed by atoms with Crippen molar-refractivity contribution < 1.29 is 99.5 Å². The molecule has 6 aliphatic carbocycles. The van der Waals surface area contributed by atoms with Crippen LogP contribution in [-0.4, -0.2) is 275 Å². The van der Waals surface area contributed by atoms with Gasteiger partial charge in [0, 0.05) is 66.8 Å². The van der Waals surface area contributed by atoms with Crippen LogP contribution in [0.1, 0.15) is 237 Å². The van der Waals surface area contributed by atoms with Gasteiger partial charge in [0.15, 0.2) is 0 Å². The van der Waals surface area contributed by atoms with E-state index in [9.17, 15) is 99.5 Å². The lowest BCUT2D eigenvalue weighted by Crippen LogP contribution is -2.63. The van der Waals surface area contributed by atoms with E-state index >= 15 is 0 Å². The maximum Gasteiger partial charge on any atom is 0.389 e. The highest BCUT2D eigenvalue weighted by molar-refractivity contribution is 6.39. The number of likely N-dealkylation sites (N-methyl/N-ethyl adjacent to an activating group) is 3. The Morgan fingerprint density at radius 2 is 0.674 bits per heavy atom. The molecule has 39 heteroatoms. The van der Waals surface area contributed by atoms with Crippen molar-refractivity contribution in [1.82, 2.24) is 77.3 Å². The molecule has 0 spiro atoms. The normalized spacial score (nSPS) is 24.4. The van der Waals surface area contributed by atoms with Crippen LogP contribution in [0.25, 0.3) is 0 Å². The summed E-state index contributed by atoms with van der Waals surface area (Å²) in [4.78, 5) is 244. The van der Waals surface area contributed by atoms with Gasteiger partial charge in [-0.1, -0.05) is 184 Å². The van der Waals surface area contributed by atoms with Crippen LogP contribution in [0.2, 0.25) is 0 Å². The van der Waals surface area contributed by atoms with Crippen molar-refractivity contribution in [3.05, 3.63) is 0 Å². The second kappa shape index (κ2) is 41.2. The molecule has 9 aliphatic rings. The van der Waals surface area contributed by atoms with Crippen LogP contribution in [0.5, 0.6) is 0 Å². The van der Waals surface area contributed by atoms with Gasteiger partial charge in [0.05, 0.1) is 18.1 Å². The number of nitrogens with two attached hydrogens (primary N) is 3. The summed E-state index contributed by atoms with van der Waals surface area (Å²) < 4.78 is 38.8. The summed E-state index contributed by atoms with van der Waals surface area (Å²) in [5.41, 5.74) is 11.9. The summed E-state index contributed by atoms with van der Waals surface area (Å²) >= 11 is 0. The molecule has 132 heavy (non-hydrogen) atoms. The van der Waals surface area contributed by atoms with E-state index in [1.54, 1.807) is 79.5 Å². The number of rotatable bonds is 35. The first-order chi connectivity index (χ1) is 60.2. The van der Waals surface area contributed by atoms with Crippen molar-refractivity contribution >= 4 is 106 Å². The number of primary amides is 3. The molecule has 0 radical (unpaired) electrons. The average Bonchev–Trinajstić information content (AvgIpc) is 1.53. The van der Waals surface area contributed by atoms with Gasteiger partial charge in [-0.25, -0.2) is 14.4 Å². The number of carbonyl (C=O) groups is 18. The second-order valence-electron chi connectivity index (χ2n) is 45.8. The number of nitrogens with one attached hydrogen (secondary N) is 9. The molecular weight excluding hydrogens is 1710 g/mol. The third kappa shape index (κ3) is 26.5. The summed E-state index contributed by atoms with van der Waals surface area (Å²) in [6.07, 6.45) is 0.586. The molecule has 36 nitrogen and oxygen atoms in total. The van der Waals surface area contributed by atoms with E-state index in [1.807, 2.05) is 96.9 Å². The molecule has 3 unspecified atom stereocenters. The zero-order chi connectivity index (χ0) is 101. The molecule has 6 saturated carbocycles. The zero-order valence-electron chi connectivity index (χ0n) is 82.9. The highest BCUT2D eigenvalue weighted by atomic mass is 19.4. The Labute approximate surface area is 775 Å². The largest absolute Gasteiger partial charge is 0.389 e. The Bertz CT molecular complexity index is 4380. The number of hydrogen-bond acceptors (Lipinski definition) is 18. The van der Waals surface area contributed by atoms with Gasteiger partial charge in [-0.05, 0) is 149 Å². The van der Waals surface area contributed by atoms with Crippen molar-refractivity contribution in [3.63, 3.8) is 0 Å². The molecule has 3 heterocycles. The third-order valence-electron chi connectivity index (χ3n) is 28.8. The molecule has 18 amide bonds. The van der Waals surface area contributed by atoms with Crippen LogP contribution in [0.15, 0.2) is 0 Å². The predicted molar refractivity (Wildman–Crippen MR) is 484 cm³/mol. The highest BCUT2D eigenvalue weighted by Gasteiger charge is 2.73. The van der Waals surface area contributed by atoms with E-state index in [1.165, 1.54) is 19.6 Å². The first kappa shape index (κ1) is 109. The summed E-state index contributed by atoms with van der Waals surface area (Å²) in [6, 6.07) is -14.6. The molecule has 0 bridgehead atoms. The molecule has 9 fully saturated rings. The molecule has 15 N–H and O–H groups in total. The molecule has 3 saturated heterocycles. The Balaban J connectivity index is 0.000000271. The lowest BCUT2D eigenvalue weighted by atomic mass is 9.80. The van der Waals surface area contributed by atoms with Crippen LogP contribution in [0, 0.1) is 103 Å². The van der Waals surface area contributed by atoms with Crippen LogP contribution in [0.3, 0.4) is 0 Å². The molecule has 0 aromatic rings. The molecular formula is C93H153F3N18O18. The maximum atomic E-state index is 14.2.